The van der Waals surface area contributed by atoms with Crippen LogP contribution in [0.2, 0.25) is 0 Å². The van der Waals surface area contributed by atoms with Crippen molar-refractivity contribution in [2.75, 3.05) is 18.1 Å². The van der Waals surface area contributed by atoms with Crippen molar-refractivity contribution in [3.63, 3.8) is 0 Å². The molecule has 98 valence electrons. The van der Waals surface area contributed by atoms with Crippen molar-refractivity contribution < 1.29 is 0 Å². The summed E-state index contributed by atoms with van der Waals surface area (Å²) in [5.74, 6) is 3.45. The largest absolute Gasteiger partial charge is 0.313 e. The van der Waals surface area contributed by atoms with Gasteiger partial charge in [0.2, 0.25) is 0 Å². The fourth-order valence-corrected chi connectivity index (χ4v) is 4.38. The summed E-state index contributed by atoms with van der Waals surface area (Å²) in [5.41, 5.74) is 3.20. The highest BCUT2D eigenvalue weighted by molar-refractivity contribution is 7.99. The minimum Gasteiger partial charge on any atom is -0.313 e. The first kappa shape index (κ1) is 12.6. The molecule has 1 saturated heterocycles. The van der Waals surface area contributed by atoms with Gasteiger partial charge >= 0.3 is 0 Å². The lowest BCUT2D eigenvalue weighted by Crippen LogP contribution is -2.36. The lowest BCUT2D eigenvalue weighted by molar-refractivity contribution is 0.433. The van der Waals surface area contributed by atoms with Crippen LogP contribution in [-0.4, -0.2) is 24.1 Å². The number of nitrogens with one attached hydrogen (secondary N) is 1. The molecule has 1 nitrogen and oxygen atoms in total. The van der Waals surface area contributed by atoms with Gasteiger partial charge in [-0.3, -0.25) is 0 Å². The Bertz CT molecular complexity index is 384. The predicted molar refractivity (Wildman–Crippen MR) is 80.5 cm³/mol. The highest BCUT2D eigenvalue weighted by Gasteiger charge is 2.21. The maximum absolute atomic E-state index is 3.82. The summed E-state index contributed by atoms with van der Waals surface area (Å²) in [6.07, 6.45) is 6.74. The van der Waals surface area contributed by atoms with Gasteiger partial charge in [-0.25, -0.2) is 0 Å². The Morgan fingerprint density at radius 1 is 1.11 bits per heavy atom. The molecular weight excluding hydrogens is 238 g/mol. The Morgan fingerprint density at radius 3 is 2.83 bits per heavy atom. The minimum atomic E-state index is 0.754. The highest BCUT2D eigenvalue weighted by Crippen LogP contribution is 2.31. The molecule has 0 saturated carbocycles. The maximum atomic E-state index is 3.82. The van der Waals surface area contributed by atoms with E-state index in [0.717, 1.165) is 12.0 Å². The van der Waals surface area contributed by atoms with Gasteiger partial charge in [-0.2, -0.15) is 11.8 Å². The smallest absolute Gasteiger partial charge is 0.00830 e. The van der Waals surface area contributed by atoms with E-state index in [1.54, 1.807) is 11.1 Å². The first-order valence-electron chi connectivity index (χ1n) is 7.32. The fraction of sp³-hybridized carbons (Fsp3) is 0.625. The highest BCUT2D eigenvalue weighted by atomic mass is 32.2. The summed E-state index contributed by atoms with van der Waals surface area (Å²) in [4.78, 5) is 0. The molecule has 1 atom stereocenters. The third kappa shape index (κ3) is 2.92. The van der Waals surface area contributed by atoms with E-state index in [4.69, 9.17) is 0 Å². The number of hydrogen-bond donors (Lipinski definition) is 1. The zero-order valence-corrected chi connectivity index (χ0v) is 11.8. The van der Waals surface area contributed by atoms with Crippen LogP contribution in [0.15, 0.2) is 24.3 Å². The first-order valence-corrected chi connectivity index (χ1v) is 8.48. The Labute approximate surface area is 115 Å². The van der Waals surface area contributed by atoms with Gasteiger partial charge in [0.05, 0.1) is 0 Å². The van der Waals surface area contributed by atoms with E-state index in [1.807, 2.05) is 0 Å². The third-order valence-corrected chi connectivity index (χ3v) is 5.42. The van der Waals surface area contributed by atoms with E-state index < -0.39 is 0 Å². The second-order valence-electron chi connectivity index (χ2n) is 5.58. The molecule has 1 aliphatic heterocycles. The van der Waals surface area contributed by atoms with E-state index in [9.17, 15) is 0 Å². The molecule has 1 fully saturated rings. The molecule has 0 spiro atoms. The normalized spacial score (nSPS) is 24.8. The summed E-state index contributed by atoms with van der Waals surface area (Å²) < 4.78 is 0. The zero-order valence-electron chi connectivity index (χ0n) is 11.0. The number of fused-ring (bicyclic) bond motifs is 1. The minimum absolute atomic E-state index is 0.754. The average molecular weight is 261 g/mol. The van der Waals surface area contributed by atoms with Gasteiger partial charge < -0.3 is 5.32 Å². The van der Waals surface area contributed by atoms with E-state index in [-0.39, 0.29) is 0 Å². The van der Waals surface area contributed by atoms with Crippen molar-refractivity contribution in [1.29, 1.82) is 0 Å². The van der Waals surface area contributed by atoms with Crippen LogP contribution in [0.4, 0.5) is 0 Å². The molecule has 1 N–H and O–H groups in total. The number of thioether (sulfide) groups is 1. The molecule has 1 aliphatic carbocycles. The second-order valence-corrected chi connectivity index (χ2v) is 6.81. The Hall–Kier alpha value is -0.470. The molecule has 1 unspecified atom stereocenters. The van der Waals surface area contributed by atoms with E-state index >= 15 is 0 Å². The number of benzene rings is 1. The van der Waals surface area contributed by atoms with Gasteiger partial charge in [0, 0.05) is 12.6 Å². The van der Waals surface area contributed by atoms with Crippen molar-refractivity contribution in [1.82, 2.24) is 5.32 Å². The molecule has 2 heteroatoms. The van der Waals surface area contributed by atoms with Gasteiger partial charge in [-0.15, -0.1) is 0 Å². The molecule has 1 aromatic carbocycles. The summed E-state index contributed by atoms with van der Waals surface area (Å²) in [6.45, 7) is 1.19. The monoisotopic (exact) mass is 261 g/mol. The van der Waals surface area contributed by atoms with E-state index in [1.165, 1.54) is 50.2 Å². The zero-order chi connectivity index (χ0) is 12.2. The van der Waals surface area contributed by atoms with Crippen molar-refractivity contribution in [2.24, 2.45) is 0 Å². The number of hydrogen-bond acceptors (Lipinski definition) is 2. The fourth-order valence-electron chi connectivity index (χ4n) is 3.28. The Morgan fingerprint density at radius 2 is 1.94 bits per heavy atom. The summed E-state index contributed by atoms with van der Waals surface area (Å²) >= 11 is 2.11. The van der Waals surface area contributed by atoms with Crippen molar-refractivity contribution in [3.05, 3.63) is 35.4 Å². The maximum Gasteiger partial charge on any atom is 0.00830 e. The summed E-state index contributed by atoms with van der Waals surface area (Å²) in [7, 11) is 0. The van der Waals surface area contributed by atoms with E-state index in [0.29, 0.717) is 0 Å². The van der Waals surface area contributed by atoms with Gasteiger partial charge in [0.25, 0.3) is 0 Å². The molecule has 1 aromatic rings. The van der Waals surface area contributed by atoms with Crippen LogP contribution >= 0.6 is 11.8 Å². The van der Waals surface area contributed by atoms with Crippen LogP contribution in [0.5, 0.6) is 0 Å². The third-order valence-electron chi connectivity index (χ3n) is 4.37. The predicted octanol–water partition coefficient (Wildman–Crippen LogP) is 3.59. The first-order chi connectivity index (χ1) is 8.93. The van der Waals surface area contributed by atoms with Crippen molar-refractivity contribution in [2.45, 2.75) is 44.1 Å². The summed E-state index contributed by atoms with van der Waals surface area (Å²) in [5, 5.41) is 3.82. The molecule has 0 radical (unpaired) electrons. The van der Waals surface area contributed by atoms with Crippen LogP contribution in [0.1, 0.15) is 42.7 Å². The Balaban J connectivity index is 1.60. The van der Waals surface area contributed by atoms with Crippen LogP contribution in [0, 0.1) is 0 Å². The van der Waals surface area contributed by atoms with Gasteiger partial charge in [0.15, 0.2) is 0 Å². The molecule has 2 aliphatic rings. The molecule has 18 heavy (non-hydrogen) atoms. The van der Waals surface area contributed by atoms with Crippen LogP contribution < -0.4 is 5.32 Å². The molecule has 0 amide bonds. The van der Waals surface area contributed by atoms with Crippen molar-refractivity contribution in [3.8, 4) is 0 Å². The lowest BCUT2D eigenvalue weighted by Gasteiger charge is -2.29. The number of rotatable bonds is 3. The van der Waals surface area contributed by atoms with Crippen LogP contribution in [0.3, 0.4) is 0 Å². The SMILES string of the molecule is c1ccc2c(c1)CCCC2CNC1CCSCC1. The van der Waals surface area contributed by atoms with Crippen LogP contribution in [0.25, 0.3) is 0 Å². The molecule has 3 rings (SSSR count). The lowest BCUT2D eigenvalue weighted by atomic mass is 9.82. The standard InChI is InChI=1S/C16H23NS/c1-2-7-16-13(4-1)5-3-6-14(16)12-17-15-8-10-18-11-9-15/h1-2,4,7,14-15,17H,3,5-6,8-12H2. The topological polar surface area (TPSA) is 12.0 Å². The Kier molecular flexibility index (Phi) is 4.27. The second kappa shape index (κ2) is 6.12. The van der Waals surface area contributed by atoms with E-state index in [2.05, 4.69) is 41.3 Å². The summed E-state index contributed by atoms with van der Waals surface area (Å²) in [6, 6.07) is 9.83. The van der Waals surface area contributed by atoms with Gasteiger partial charge in [0.1, 0.15) is 0 Å². The van der Waals surface area contributed by atoms with Crippen LogP contribution in [-0.2, 0) is 6.42 Å². The average Bonchev–Trinajstić information content (AvgIpc) is 2.46. The molecular formula is C16H23NS. The molecule has 0 bridgehead atoms. The van der Waals surface area contributed by atoms with Crippen molar-refractivity contribution >= 4 is 11.8 Å². The molecule has 1 heterocycles. The van der Waals surface area contributed by atoms with Gasteiger partial charge in [-0.05, 0) is 60.7 Å². The quantitative estimate of drug-likeness (QED) is 0.892. The molecule has 0 aromatic heterocycles. The number of aryl methyl sites for hydroxylation is 1. The van der Waals surface area contributed by atoms with Gasteiger partial charge in [-0.1, -0.05) is 24.3 Å².